The summed E-state index contributed by atoms with van der Waals surface area (Å²) in [5.74, 6) is 0.377. The highest BCUT2D eigenvalue weighted by Gasteiger charge is 2.24. The van der Waals surface area contributed by atoms with Crippen LogP contribution in [0.2, 0.25) is 0 Å². The number of amides is 1. The van der Waals surface area contributed by atoms with Gasteiger partial charge in [-0.2, -0.15) is 4.98 Å². The lowest BCUT2D eigenvalue weighted by atomic mass is 9.87. The van der Waals surface area contributed by atoms with Crippen LogP contribution < -0.4 is 21.9 Å². The minimum absolute atomic E-state index is 0.128. The van der Waals surface area contributed by atoms with Gasteiger partial charge in [0.1, 0.15) is 5.56 Å². The first-order valence-electron chi connectivity index (χ1n) is 12.2. The molecule has 2 saturated heterocycles. The first-order valence-corrected chi connectivity index (χ1v) is 12.2. The van der Waals surface area contributed by atoms with Crippen LogP contribution in [0.5, 0.6) is 0 Å². The maximum absolute atomic E-state index is 13.2. The minimum Gasteiger partial charge on any atom is -0.381 e. The molecule has 0 unspecified atom stereocenters. The summed E-state index contributed by atoms with van der Waals surface area (Å²) < 4.78 is 6.90. The second-order valence-corrected chi connectivity index (χ2v) is 9.38. The molecule has 0 radical (unpaired) electrons. The number of piperidine rings is 1. The number of rotatable bonds is 7. The molecule has 2 fully saturated rings. The van der Waals surface area contributed by atoms with E-state index < -0.39 is 11.5 Å². The Balaban J connectivity index is 1.64. The summed E-state index contributed by atoms with van der Waals surface area (Å²) in [7, 11) is 2.16. The Labute approximate surface area is 200 Å². The van der Waals surface area contributed by atoms with Gasteiger partial charge in [0.15, 0.2) is 5.82 Å². The highest BCUT2D eigenvalue weighted by atomic mass is 16.5. The van der Waals surface area contributed by atoms with Crippen molar-refractivity contribution in [2.24, 2.45) is 5.73 Å². The fourth-order valence-corrected chi connectivity index (χ4v) is 4.96. The number of hydrogen-bond donors (Lipinski definition) is 3. The molecule has 1 aromatic carbocycles. The van der Waals surface area contributed by atoms with E-state index in [1.165, 1.54) is 15.7 Å². The molecule has 2 aliphatic rings. The van der Waals surface area contributed by atoms with Crippen molar-refractivity contribution in [3.05, 3.63) is 45.2 Å². The molecule has 2 aliphatic heterocycles. The van der Waals surface area contributed by atoms with E-state index in [0.29, 0.717) is 31.6 Å². The number of likely N-dealkylation sites (tertiary alicyclic amines) is 1. The van der Waals surface area contributed by atoms with Crippen LogP contribution in [0, 0.1) is 6.92 Å². The van der Waals surface area contributed by atoms with Crippen molar-refractivity contribution in [2.45, 2.75) is 58.0 Å². The largest absolute Gasteiger partial charge is 0.381 e. The van der Waals surface area contributed by atoms with Gasteiger partial charge in [0.2, 0.25) is 5.95 Å². The van der Waals surface area contributed by atoms with Crippen molar-refractivity contribution in [2.75, 3.05) is 44.0 Å². The van der Waals surface area contributed by atoms with Crippen molar-refractivity contribution >= 4 is 23.4 Å². The molecule has 9 nitrogen and oxygen atoms in total. The summed E-state index contributed by atoms with van der Waals surface area (Å²) in [6.45, 7) is 7.88. The molecule has 0 bridgehead atoms. The van der Waals surface area contributed by atoms with Crippen molar-refractivity contribution in [1.82, 2.24) is 14.5 Å². The average Bonchev–Trinajstić information content (AvgIpc) is 2.80. The number of carbonyl (C=O) groups is 1. The monoisotopic (exact) mass is 468 g/mol. The van der Waals surface area contributed by atoms with Crippen LogP contribution in [0.1, 0.15) is 60.0 Å². The summed E-state index contributed by atoms with van der Waals surface area (Å²) >= 11 is 0. The van der Waals surface area contributed by atoms with Crippen LogP contribution in [0.25, 0.3) is 0 Å². The highest BCUT2D eigenvalue weighted by Crippen LogP contribution is 2.32. The van der Waals surface area contributed by atoms with Crippen molar-refractivity contribution in [1.29, 1.82) is 0 Å². The van der Waals surface area contributed by atoms with Gasteiger partial charge in [0.25, 0.3) is 11.5 Å². The Morgan fingerprint density at radius 3 is 2.53 bits per heavy atom. The van der Waals surface area contributed by atoms with Gasteiger partial charge in [-0.05, 0) is 88.8 Å². The maximum Gasteiger partial charge on any atom is 0.269 e. The van der Waals surface area contributed by atoms with E-state index in [0.717, 1.165) is 44.5 Å². The highest BCUT2D eigenvalue weighted by molar-refractivity contribution is 5.98. The van der Waals surface area contributed by atoms with E-state index in [4.69, 9.17) is 10.5 Å². The quantitative estimate of drug-likeness (QED) is 0.572. The lowest BCUT2D eigenvalue weighted by Gasteiger charge is -2.30. The predicted molar refractivity (Wildman–Crippen MR) is 134 cm³/mol. The molecule has 184 valence electrons. The van der Waals surface area contributed by atoms with Gasteiger partial charge in [0.05, 0.1) is 0 Å². The fourth-order valence-electron chi connectivity index (χ4n) is 4.96. The standard InChI is InChI=1S/C25H36N6O3/c1-4-31-24(33)21(22(26)32)23(29-25(31)28-18-9-13-34-14-10-18)27-19-5-6-20(16(2)15-19)17-7-11-30(3)12-8-17/h5-6,15,17-18,27H,4,7-14H2,1-3H3,(H2,26,32)(H,28,29). The lowest BCUT2D eigenvalue weighted by Crippen LogP contribution is -2.36. The number of primary amides is 1. The number of anilines is 3. The van der Waals surface area contributed by atoms with Crippen LogP contribution in [0.15, 0.2) is 23.0 Å². The van der Waals surface area contributed by atoms with Crippen LogP contribution in [0.3, 0.4) is 0 Å². The number of aromatic nitrogens is 2. The molecular formula is C25H36N6O3. The minimum atomic E-state index is -0.792. The summed E-state index contributed by atoms with van der Waals surface area (Å²) in [5.41, 5.74) is 8.35. The van der Waals surface area contributed by atoms with Gasteiger partial charge in [0, 0.05) is 31.5 Å². The topological polar surface area (TPSA) is 115 Å². The summed E-state index contributed by atoms with van der Waals surface area (Å²) in [6, 6.07) is 6.34. The SMILES string of the molecule is CCn1c(NC2CCOCC2)nc(Nc2ccc(C3CCN(C)CC3)c(C)c2)c(C(N)=O)c1=O. The normalized spacial score (nSPS) is 18.1. The Morgan fingerprint density at radius 1 is 1.21 bits per heavy atom. The second-order valence-electron chi connectivity index (χ2n) is 9.38. The van der Waals surface area contributed by atoms with Crippen LogP contribution in [-0.2, 0) is 11.3 Å². The fraction of sp³-hybridized carbons (Fsp3) is 0.560. The molecule has 4 rings (SSSR count). The van der Waals surface area contributed by atoms with Crippen molar-refractivity contribution < 1.29 is 9.53 Å². The zero-order chi connectivity index (χ0) is 24.2. The molecule has 0 atom stereocenters. The zero-order valence-corrected chi connectivity index (χ0v) is 20.4. The van der Waals surface area contributed by atoms with E-state index >= 15 is 0 Å². The molecule has 0 aliphatic carbocycles. The van der Waals surface area contributed by atoms with Crippen LogP contribution in [0.4, 0.5) is 17.5 Å². The third-order valence-electron chi connectivity index (χ3n) is 6.98. The zero-order valence-electron chi connectivity index (χ0n) is 20.4. The third kappa shape index (κ3) is 5.26. The molecule has 4 N–H and O–H groups in total. The van der Waals surface area contributed by atoms with Gasteiger partial charge in [-0.1, -0.05) is 6.07 Å². The van der Waals surface area contributed by atoms with E-state index in [1.54, 1.807) is 0 Å². The smallest absolute Gasteiger partial charge is 0.269 e. The van der Waals surface area contributed by atoms with Crippen molar-refractivity contribution in [3.63, 3.8) is 0 Å². The molecule has 3 heterocycles. The molecule has 1 amide bonds. The van der Waals surface area contributed by atoms with E-state index in [2.05, 4.69) is 46.6 Å². The van der Waals surface area contributed by atoms with E-state index in [9.17, 15) is 9.59 Å². The number of nitrogens with zero attached hydrogens (tertiary/aromatic N) is 3. The van der Waals surface area contributed by atoms with Crippen molar-refractivity contribution in [3.8, 4) is 0 Å². The predicted octanol–water partition coefficient (Wildman–Crippen LogP) is 2.81. The van der Waals surface area contributed by atoms with Gasteiger partial charge in [-0.15, -0.1) is 0 Å². The number of nitrogens with two attached hydrogens (primary N) is 1. The summed E-state index contributed by atoms with van der Waals surface area (Å²) in [5, 5.41) is 6.58. The van der Waals surface area contributed by atoms with Gasteiger partial charge in [-0.3, -0.25) is 14.2 Å². The number of aryl methyl sites for hydroxylation is 1. The summed E-state index contributed by atoms with van der Waals surface area (Å²) in [4.78, 5) is 32.4. The molecular weight excluding hydrogens is 432 g/mol. The Morgan fingerprint density at radius 2 is 1.91 bits per heavy atom. The second kappa shape index (κ2) is 10.6. The van der Waals surface area contributed by atoms with Crippen LogP contribution in [-0.4, -0.2) is 59.8 Å². The average molecular weight is 469 g/mol. The van der Waals surface area contributed by atoms with E-state index in [-0.39, 0.29) is 17.4 Å². The number of carbonyl (C=O) groups excluding carboxylic acids is 1. The first-order chi connectivity index (χ1) is 16.4. The molecule has 0 spiro atoms. The molecule has 9 heteroatoms. The first kappa shape index (κ1) is 24.2. The number of benzene rings is 1. The lowest BCUT2D eigenvalue weighted by molar-refractivity contribution is 0.0902. The van der Waals surface area contributed by atoms with Gasteiger partial charge in [-0.25, -0.2) is 0 Å². The third-order valence-corrected chi connectivity index (χ3v) is 6.98. The van der Waals surface area contributed by atoms with Gasteiger partial charge < -0.3 is 26.0 Å². The molecule has 2 aromatic rings. The number of ether oxygens (including phenoxy) is 1. The Bertz CT molecular complexity index is 1080. The molecule has 1 aromatic heterocycles. The number of nitrogens with one attached hydrogen (secondary N) is 2. The Hall–Kier alpha value is -2.91. The van der Waals surface area contributed by atoms with Gasteiger partial charge >= 0.3 is 0 Å². The molecule has 34 heavy (non-hydrogen) atoms. The number of hydrogen-bond acceptors (Lipinski definition) is 7. The maximum atomic E-state index is 13.2. The Kier molecular flexibility index (Phi) is 7.53. The molecule has 0 saturated carbocycles. The van der Waals surface area contributed by atoms with E-state index in [1.807, 2.05) is 13.0 Å². The van der Waals surface area contributed by atoms with Crippen LogP contribution >= 0.6 is 0 Å². The summed E-state index contributed by atoms with van der Waals surface area (Å²) in [6.07, 6.45) is 3.96.